The molecule has 4 heteroatoms. The first-order valence-electron chi connectivity index (χ1n) is 6.44. The van der Waals surface area contributed by atoms with Gasteiger partial charge < -0.3 is 5.73 Å². The third-order valence-electron chi connectivity index (χ3n) is 3.17. The molecule has 1 heterocycles. The van der Waals surface area contributed by atoms with Crippen LogP contribution >= 0.6 is 11.8 Å². The molecule has 3 atom stereocenters. The molecule has 17 heavy (non-hydrogen) atoms. The lowest BCUT2D eigenvalue weighted by Gasteiger charge is -2.22. The summed E-state index contributed by atoms with van der Waals surface area (Å²) >= 11 is 1.98. The quantitative estimate of drug-likeness (QED) is 0.814. The van der Waals surface area contributed by atoms with Crippen molar-refractivity contribution in [1.29, 1.82) is 0 Å². The number of hydrogen-bond acceptors (Lipinski definition) is 3. The molecule has 0 saturated heterocycles. The highest BCUT2D eigenvalue weighted by molar-refractivity contribution is 7.99. The zero-order chi connectivity index (χ0) is 12.8. The highest BCUT2D eigenvalue weighted by Gasteiger charge is 2.21. The van der Waals surface area contributed by atoms with Crippen molar-refractivity contribution in [3.8, 4) is 0 Å². The zero-order valence-corrected chi connectivity index (χ0v) is 12.2. The van der Waals surface area contributed by atoms with Gasteiger partial charge in [0.05, 0.1) is 6.20 Å². The van der Waals surface area contributed by atoms with Gasteiger partial charge in [-0.3, -0.25) is 4.68 Å². The first-order chi connectivity index (χ1) is 8.08. The third-order valence-corrected chi connectivity index (χ3v) is 4.91. The van der Waals surface area contributed by atoms with E-state index in [0.717, 1.165) is 12.3 Å². The van der Waals surface area contributed by atoms with Crippen molar-refractivity contribution in [1.82, 2.24) is 9.78 Å². The van der Waals surface area contributed by atoms with E-state index in [2.05, 4.69) is 32.1 Å². The molecule has 0 radical (unpaired) electrons. The molecule has 3 unspecified atom stereocenters. The zero-order valence-electron chi connectivity index (χ0n) is 11.4. The maximum absolute atomic E-state index is 6.23. The largest absolute Gasteiger partial charge is 0.326 e. The molecule has 0 saturated carbocycles. The van der Waals surface area contributed by atoms with E-state index in [1.54, 1.807) is 0 Å². The van der Waals surface area contributed by atoms with E-state index in [-0.39, 0.29) is 6.04 Å². The summed E-state index contributed by atoms with van der Waals surface area (Å²) in [7, 11) is 1.96. The Bertz CT molecular complexity index is 324. The molecule has 0 aliphatic heterocycles. The molecule has 0 amide bonds. The van der Waals surface area contributed by atoms with Gasteiger partial charge in [0.1, 0.15) is 0 Å². The van der Waals surface area contributed by atoms with Crippen molar-refractivity contribution in [2.45, 2.75) is 44.9 Å². The van der Waals surface area contributed by atoms with Crippen LogP contribution in [0.4, 0.5) is 0 Å². The van der Waals surface area contributed by atoms with Gasteiger partial charge in [-0.2, -0.15) is 16.9 Å². The SMILES string of the molecule is CCC(C)CSC(c1cnn(C)c1)C(N)CC. The predicted octanol–water partition coefficient (Wildman–Crippen LogP) is 2.98. The number of rotatable bonds is 7. The van der Waals surface area contributed by atoms with Crippen LogP contribution in [0.5, 0.6) is 0 Å². The van der Waals surface area contributed by atoms with Crippen LogP contribution in [0.3, 0.4) is 0 Å². The molecule has 0 spiro atoms. The van der Waals surface area contributed by atoms with Crippen molar-refractivity contribution in [2.24, 2.45) is 18.7 Å². The minimum atomic E-state index is 0.216. The normalized spacial score (nSPS) is 16.8. The van der Waals surface area contributed by atoms with Gasteiger partial charge in [-0.1, -0.05) is 27.2 Å². The van der Waals surface area contributed by atoms with Crippen molar-refractivity contribution >= 4 is 11.8 Å². The summed E-state index contributed by atoms with van der Waals surface area (Å²) in [4.78, 5) is 0. The number of aromatic nitrogens is 2. The molecule has 3 nitrogen and oxygen atoms in total. The molecule has 0 fully saturated rings. The van der Waals surface area contributed by atoms with Crippen molar-refractivity contribution in [3.05, 3.63) is 18.0 Å². The number of thioether (sulfide) groups is 1. The summed E-state index contributed by atoms with van der Waals surface area (Å²) in [6.45, 7) is 6.69. The standard InChI is InChI=1S/C13H25N3S/c1-5-10(3)9-17-13(12(14)6-2)11-7-15-16(4)8-11/h7-8,10,12-13H,5-6,9,14H2,1-4H3. The van der Waals surface area contributed by atoms with Crippen LogP contribution in [0.1, 0.15) is 44.4 Å². The molecular formula is C13H25N3S. The van der Waals surface area contributed by atoms with Gasteiger partial charge >= 0.3 is 0 Å². The lowest BCUT2D eigenvalue weighted by Crippen LogP contribution is -2.26. The van der Waals surface area contributed by atoms with E-state index in [1.165, 1.54) is 17.7 Å². The predicted molar refractivity (Wildman–Crippen MR) is 76.1 cm³/mol. The van der Waals surface area contributed by atoms with Gasteiger partial charge in [-0.05, 0) is 18.1 Å². The molecule has 2 N–H and O–H groups in total. The molecule has 0 bridgehead atoms. The van der Waals surface area contributed by atoms with Crippen LogP contribution in [0.15, 0.2) is 12.4 Å². The van der Waals surface area contributed by atoms with Crippen molar-refractivity contribution < 1.29 is 0 Å². The summed E-state index contributed by atoms with van der Waals surface area (Å²) in [6, 6.07) is 0.216. The second-order valence-electron chi connectivity index (χ2n) is 4.79. The summed E-state index contributed by atoms with van der Waals surface area (Å²) in [5, 5.41) is 4.63. The average molecular weight is 255 g/mol. The van der Waals surface area contributed by atoms with Gasteiger partial charge in [0, 0.05) is 30.1 Å². The fourth-order valence-corrected chi connectivity index (χ4v) is 3.18. The Labute approximate surface area is 109 Å². The minimum Gasteiger partial charge on any atom is -0.326 e. The number of hydrogen-bond donors (Lipinski definition) is 1. The Kier molecular flexibility index (Phi) is 6.06. The van der Waals surface area contributed by atoms with E-state index in [1.807, 2.05) is 29.7 Å². The topological polar surface area (TPSA) is 43.8 Å². The fraction of sp³-hybridized carbons (Fsp3) is 0.769. The molecular weight excluding hydrogens is 230 g/mol. The highest BCUT2D eigenvalue weighted by Crippen LogP contribution is 2.33. The Morgan fingerprint density at radius 3 is 2.59 bits per heavy atom. The first-order valence-corrected chi connectivity index (χ1v) is 7.49. The lowest BCUT2D eigenvalue weighted by molar-refractivity contribution is 0.615. The molecule has 0 aromatic carbocycles. The second-order valence-corrected chi connectivity index (χ2v) is 5.96. The Balaban J connectivity index is 2.67. The van der Waals surface area contributed by atoms with E-state index in [9.17, 15) is 0 Å². The minimum absolute atomic E-state index is 0.216. The van der Waals surface area contributed by atoms with Crippen LogP contribution in [-0.4, -0.2) is 21.6 Å². The first kappa shape index (κ1) is 14.6. The summed E-state index contributed by atoms with van der Waals surface area (Å²) in [6.07, 6.45) is 6.27. The molecule has 1 aromatic heterocycles. The second kappa shape index (κ2) is 7.07. The molecule has 1 rings (SSSR count). The van der Waals surface area contributed by atoms with Gasteiger partial charge in [0.2, 0.25) is 0 Å². The highest BCUT2D eigenvalue weighted by atomic mass is 32.2. The van der Waals surface area contributed by atoms with E-state index in [0.29, 0.717) is 5.25 Å². The van der Waals surface area contributed by atoms with Crippen LogP contribution in [0.25, 0.3) is 0 Å². The number of aryl methyl sites for hydroxylation is 1. The summed E-state index contributed by atoms with van der Waals surface area (Å²) in [5.41, 5.74) is 7.49. The van der Waals surface area contributed by atoms with Gasteiger partial charge in [0.15, 0.2) is 0 Å². The monoisotopic (exact) mass is 255 g/mol. The Hall–Kier alpha value is -0.480. The number of nitrogens with zero attached hydrogens (tertiary/aromatic N) is 2. The van der Waals surface area contributed by atoms with Crippen molar-refractivity contribution in [3.63, 3.8) is 0 Å². The molecule has 98 valence electrons. The average Bonchev–Trinajstić information content (AvgIpc) is 2.75. The third kappa shape index (κ3) is 4.36. The number of nitrogens with two attached hydrogens (primary N) is 1. The van der Waals surface area contributed by atoms with Crippen molar-refractivity contribution in [2.75, 3.05) is 5.75 Å². The van der Waals surface area contributed by atoms with Crippen LogP contribution in [-0.2, 0) is 7.05 Å². The lowest BCUT2D eigenvalue weighted by atomic mass is 10.1. The van der Waals surface area contributed by atoms with E-state index in [4.69, 9.17) is 5.73 Å². The van der Waals surface area contributed by atoms with Gasteiger partial charge in [0.25, 0.3) is 0 Å². The maximum atomic E-state index is 6.23. The maximum Gasteiger partial charge on any atom is 0.0533 e. The van der Waals surface area contributed by atoms with Gasteiger partial charge in [-0.25, -0.2) is 0 Å². The van der Waals surface area contributed by atoms with Gasteiger partial charge in [-0.15, -0.1) is 0 Å². The summed E-state index contributed by atoms with van der Waals surface area (Å²) in [5.74, 6) is 1.92. The van der Waals surface area contributed by atoms with Crippen LogP contribution in [0.2, 0.25) is 0 Å². The van der Waals surface area contributed by atoms with E-state index >= 15 is 0 Å². The Morgan fingerprint density at radius 1 is 1.41 bits per heavy atom. The van der Waals surface area contributed by atoms with Crippen LogP contribution < -0.4 is 5.73 Å². The van der Waals surface area contributed by atoms with Crippen LogP contribution in [0, 0.1) is 5.92 Å². The molecule has 1 aromatic rings. The Morgan fingerprint density at radius 2 is 2.12 bits per heavy atom. The fourth-order valence-electron chi connectivity index (χ4n) is 1.65. The smallest absolute Gasteiger partial charge is 0.0533 e. The van der Waals surface area contributed by atoms with E-state index < -0.39 is 0 Å². The molecule has 0 aliphatic rings. The summed E-state index contributed by atoms with van der Waals surface area (Å²) < 4.78 is 1.86. The molecule has 0 aliphatic carbocycles.